The number of hydrogen-bond acceptors (Lipinski definition) is 4. The molecule has 1 unspecified atom stereocenters. The van der Waals surface area contributed by atoms with Gasteiger partial charge < -0.3 is 14.4 Å². The molecule has 0 fully saturated rings. The lowest BCUT2D eigenvalue weighted by Crippen LogP contribution is -2.23. The molecule has 1 aromatic carbocycles. The Balaban J connectivity index is 1.89. The van der Waals surface area contributed by atoms with Gasteiger partial charge in [0.15, 0.2) is 0 Å². The van der Waals surface area contributed by atoms with Crippen LogP contribution in [-0.2, 0) is 20.7 Å². The quantitative estimate of drug-likeness (QED) is 0.774. The van der Waals surface area contributed by atoms with Gasteiger partial charge in [-0.1, -0.05) is 12.1 Å². The molecule has 0 saturated heterocycles. The maximum Gasteiger partial charge on any atom is 0.334 e. The average Bonchev–Trinajstić information content (AvgIpc) is 2.45. The van der Waals surface area contributed by atoms with Gasteiger partial charge in [0, 0.05) is 26.2 Å². The molecule has 0 bridgehead atoms. The highest BCUT2D eigenvalue weighted by atomic mass is 16.5. The fourth-order valence-corrected chi connectivity index (χ4v) is 2.25. The number of nitrogens with zero attached hydrogens (tertiary/aromatic N) is 1. The van der Waals surface area contributed by atoms with Gasteiger partial charge >= 0.3 is 5.97 Å². The molecule has 4 heteroatoms. The van der Waals surface area contributed by atoms with Crippen LogP contribution >= 0.6 is 0 Å². The van der Waals surface area contributed by atoms with Gasteiger partial charge in [0.2, 0.25) is 0 Å². The van der Waals surface area contributed by atoms with Crippen molar-refractivity contribution in [1.29, 1.82) is 0 Å². The third kappa shape index (κ3) is 3.76. The molecule has 1 aliphatic heterocycles. The van der Waals surface area contributed by atoms with Crippen LogP contribution < -0.4 is 4.90 Å². The zero-order chi connectivity index (χ0) is 14.5. The Morgan fingerprint density at radius 2 is 2.00 bits per heavy atom. The van der Waals surface area contributed by atoms with E-state index in [1.54, 1.807) is 7.11 Å². The number of aryl methyl sites for hydroxylation is 1. The SMILES string of the molecule is COC1=CC(=O)OC(CCc2ccc(N(C)C)cc2)C1. The Bertz CT molecular complexity index is 491. The lowest BCUT2D eigenvalue weighted by molar-refractivity contribution is -0.145. The van der Waals surface area contributed by atoms with Crippen LogP contribution in [-0.4, -0.2) is 33.3 Å². The molecule has 0 spiro atoms. The minimum absolute atomic E-state index is 0.0871. The summed E-state index contributed by atoms with van der Waals surface area (Å²) in [4.78, 5) is 13.5. The third-order valence-corrected chi connectivity index (χ3v) is 3.46. The molecular formula is C16H21NO3. The molecule has 2 rings (SSSR count). The number of carbonyl (C=O) groups excluding carboxylic acids is 1. The van der Waals surface area contributed by atoms with E-state index in [0.717, 1.165) is 12.8 Å². The van der Waals surface area contributed by atoms with Crippen molar-refractivity contribution in [3.63, 3.8) is 0 Å². The topological polar surface area (TPSA) is 38.8 Å². The van der Waals surface area contributed by atoms with Crippen molar-refractivity contribution in [2.75, 3.05) is 26.1 Å². The Kier molecular flexibility index (Phi) is 4.66. The van der Waals surface area contributed by atoms with Crippen molar-refractivity contribution in [1.82, 2.24) is 0 Å². The maximum absolute atomic E-state index is 11.4. The summed E-state index contributed by atoms with van der Waals surface area (Å²) in [6.07, 6.45) is 3.70. The van der Waals surface area contributed by atoms with Crippen molar-refractivity contribution >= 4 is 11.7 Å². The molecule has 0 aliphatic carbocycles. The molecule has 108 valence electrons. The summed E-state index contributed by atoms with van der Waals surface area (Å²) in [7, 11) is 5.63. The minimum Gasteiger partial charge on any atom is -0.501 e. The zero-order valence-electron chi connectivity index (χ0n) is 12.3. The summed E-state index contributed by atoms with van der Waals surface area (Å²) < 4.78 is 10.4. The minimum atomic E-state index is -0.305. The van der Waals surface area contributed by atoms with Crippen molar-refractivity contribution in [2.45, 2.75) is 25.4 Å². The Morgan fingerprint density at radius 3 is 2.60 bits per heavy atom. The van der Waals surface area contributed by atoms with Crippen molar-refractivity contribution in [3.8, 4) is 0 Å². The van der Waals surface area contributed by atoms with Gasteiger partial charge in [-0.2, -0.15) is 0 Å². The summed E-state index contributed by atoms with van der Waals surface area (Å²) in [5, 5.41) is 0. The molecule has 0 amide bonds. The monoisotopic (exact) mass is 275 g/mol. The fraction of sp³-hybridized carbons (Fsp3) is 0.438. The molecule has 0 radical (unpaired) electrons. The lowest BCUT2D eigenvalue weighted by atomic mass is 10.0. The number of cyclic esters (lactones) is 1. The van der Waals surface area contributed by atoms with Crippen LogP contribution in [0.25, 0.3) is 0 Å². The number of anilines is 1. The van der Waals surface area contributed by atoms with E-state index in [1.165, 1.54) is 17.3 Å². The highest BCUT2D eigenvalue weighted by Crippen LogP contribution is 2.21. The number of benzene rings is 1. The van der Waals surface area contributed by atoms with E-state index >= 15 is 0 Å². The number of rotatable bonds is 5. The second kappa shape index (κ2) is 6.46. The number of methoxy groups -OCH3 is 1. The molecule has 4 nitrogen and oxygen atoms in total. The van der Waals surface area contributed by atoms with Crippen LogP contribution in [0.1, 0.15) is 18.4 Å². The number of hydrogen-bond donors (Lipinski definition) is 0. The second-order valence-corrected chi connectivity index (χ2v) is 5.18. The van der Waals surface area contributed by atoms with Gasteiger partial charge in [-0.05, 0) is 30.5 Å². The third-order valence-electron chi connectivity index (χ3n) is 3.46. The van der Waals surface area contributed by atoms with Gasteiger partial charge in [0.25, 0.3) is 0 Å². The van der Waals surface area contributed by atoms with Gasteiger partial charge in [0.1, 0.15) is 11.9 Å². The van der Waals surface area contributed by atoms with E-state index < -0.39 is 0 Å². The van der Waals surface area contributed by atoms with E-state index in [-0.39, 0.29) is 12.1 Å². The first kappa shape index (κ1) is 14.4. The maximum atomic E-state index is 11.4. The zero-order valence-corrected chi connectivity index (χ0v) is 12.3. The Labute approximate surface area is 120 Å². The first-order chi connectivity index (χ1) is 9.58. The predicted molar refractivity (Wildman–Crippen MR) is 78.7 cm³/mol. The molecule has 20 heavy (non-hydrogen) atoms. The summed E-state index contributed by atoms with van der Waals surface area (Å²) in [6, 6.07) is 8.44. The second-order valence-electron chi connectivity index (χ2n) is 5.18. The van der Waals surface area contributed by atoms with Crippen molar-refractivity contribution < 1.29 is 14.3 Å². The van der Waals surface area contributed by atoms with Crippen molar-refractivity contribution in [3.05, 3.63) is 41.7 Å². The number of esters is 1. The Morgan fingerprint density at radius 1 is 1.30 bits per heavy atom. The molecule has 1 heterocycles. The van der Waals surface area contributed by atoms with Gasteiger partial charge in [-0.15, -0.1) is 0 Å². The van der Waals surface area contributed by atoms with Gasteiger partial charge in [-0.25, -0.2) is 4.79 Å². The van der Waals surface area contributed by atoms with E-state index in [9.17, 15) is 4.79 Å². The number of ether oxygens (including phenoxy) is 2. The Hall–Kier alpha value is -1.97. The van der Waals surface area contributed by atoms with Crippen LogP contribution in [0.4, 0.5) is 5.69 Å². The van der Waals surface area contributed by atoms with E-state index in [4.69, 9.17) is 9.47 Å². The van der Waals surface area contributed by atoms with Crippen LogP contribution in [0.15, 0.2) is 36.1 Å². The summed E-state index contributed by atoms with van der Waals surface area (Å²) in [5.74, 6) is 0.398. The fourth-order valence-electron chi connectivity index (χ4n) is 2.25. The lowest BCUT2D eigenvalue weighted by Gasteiger charge is -2.22. The van der Waals surface area contributed by atoms with Gasteiger partial charge in [-0.3, -0.25) is 0 Å². The van der Waals surface area contributed by atoms with Crippen molar-refractivity contribution in [2.24, 2.45) is 0 Å². The summed E-state index contributed by atoms with van der Waals surface area (Å²) in [6.45, 7) is 0. The van der Waals surface area contributed by atoms with Crippen LogP contribution in [0, 0.1) is 0 Å². The molecule has 0 aromatic heterocycles. The highest BCUT2D eigenvalue weighted by molar-refractivity contribution is 5.83. The van der Waals surface area contributed by atoms with E-state index in [1.807, 2.05) is 14.1 Å². The van der Waals surface area contributed by atoms with E-state index in [2.05, 4.69) is 29.2 Å². The molecule has 1 aliphatic rings. The predicted octanol–water partition coefficient (Wildman–Crippen LogP) is 2.53. The number of carbonyl (C=O) groups is 1. The van der Waals surface area contributed by atoms with Gasteiger partial charge in [0.05, 0.1) is 13.2 Å². The van der Waals surface area contributed by atoms with E-state index in [0.29, 0.717) is 12.2 Å². The summed E-state index contributed by atoms with van der Waals surface area (Å²) in [5.41, 5.74) is 2.43. The highest BCUT2D eigenvalue weighted by Gasteiger charge is 2.21. The van der Waals surface area contributed by atoms with Crippen LogP contribution in [0.2, 0.25) is 0 Å². The normalized spacial score (nSPS) is 18.2. The molecule has 1 aromatic rings. The smallest absolute Gasteiger partial charge is 0.334 e. The van der Waals surface area contributed by atoms with Crippen LogP contribution in [0.3, 0.4) is 0 Å². The van der Waals surface area contributed by atoms with Crippen LogP contribution in [0.5, 0.6) is 0 Å². The largest absolute Gasteiger partial charge is 0.501 e. The molecular weight excluding hydrogens is 254 g/mol. The molecule has 0 saturated carbocycles. The first-order valence-corrected chi connectivity index (χ1v) is 6.80. The summed E-state index contributed by atoms with van der Waals surface area (Å²) >= 11 is 0. The standard InChI is InChI=1S/C16H21NO3/c1-17(2)13-7-4-12(5-8-13)6-9-14-10-15(19-3)11-16(18)20-14/h4-5,7-8,11,14H,6,9-10H2,1-3H3. The average molecular weight is 275 g/mol. The molecule has 0 N–H and O–H groups in total. The first-order valence-electron chi connectivity index (χ1n) is 6.80. The molecule has 1 atom stereocenters.